The van der Waals surface area contributed by atoms with Gasteiger partial charge in [-0.2, -0.15) is 5.10 Å². The third-order valence-corrected chi connectivity index (χ3v) is 3.02. The SMILES string of the molecule is Cc1ccc(-c2cc(C(=O)NCc3ccncc3)n[nH]2)o1. The highest BCUT2D eigenvalue weighted by atomic mass is 16.3. The summed E-state index contributed by atoms with van der Waals surface area (Å²) in [5.41, 5.74) is 1.99. The van der Waals surface area contributed by atoms with Crippen LogP contribution in [0.5, 0.6) is 0 Å². The van der Waals surface area contributed by atoms with E-state index in [-0.39, 0.29) is 5.91 Å². The minimum absolute atomic E-state index is 0.238. The van der Waals surface area contributed by atoms with Gasteiger partial charge in [0, 0.05) is 25.0 Å². The van der Waals surface area contributed by atoms with Crippen molar-refractivity contribution in [2.24, 2.45) is 0 Å². The van der Waals surface area contributed by atoms with Crippen LogP contribution in [0.15, 0.2) is 47.1 Å². The van der Waals surface area contributed by atoms with Gasteiger partial charge >= 0.3 is 0 Å². The molecular weight excluding hydrogens is 268 g/mol. The van der Waals surface area contributed by atoms with Crippen molar-refractivity contribution >= 4 is 5.91 Å². The fourth-order valence-corrected chi connectivity index (χ4v) is 1.92. The van der Waals surface area contributed by atoms with Crippen molar-refractivity contribution in [2.75, 3.05) is 0 Å². The lowest BCUT2D eigenvalue weighted by Crippen LogP contribution is -2.23. The maximum atomic E-state index is 12.0. The third-order valence-electron chi connectivity index (χ3n) is 3.02. The zero-order chi connectivity index (χ0) is 14.7. The molecule has 6 heteroatoms. The molecule has 0 aliphatic heterocycles. The molecule has 0 atom stereocenters. The largest absolute Gasteiger partial charge is 0.460 e. The van der Waals surface area contributed by atoms with E-state index in [4.69, 9.17) is 4.42 Å². The maximum absolute atomic E-state index is 12.0. The molecule has 0 spiro atoms. The Morgan fingerprint density at radius 1 is 1.29 bits per heavy atom. The highest BCUT2D eigenvalue weighted by Crippen LogP contribution is 2.20. The highest BCUT2D eigenvalue weighted by molar-refractivity contribution is 5.93. The smallest absolute Gasteiger partial charge is 0.272 e. The summed E-state index contributed by atoms with van der Waals surface area (Å²) in [4.78, 5) is 16.0. The first-order valence-corrected chi connectivity index (χ1v) is 6.52. The lowest BCUT2D eigenvalue weighted by atomic mass is 10.2. The summed E-state index contributed by atoms with van der Waals surface area (Å²) >= 11 is 0. The summed E-state index contributed by atoms with van der Waals surface area (Å²) < 4.78 is 5.48. The monoisotopic (exact) mass is 282 g/mol. The van der Waals surface area contributed by atoms with Gasteiger partial charge in [0.2, 0.25) is 0 Å². The van der Waals surface area contributed by atoms with Gasteiger partial charge in [0.15, 0.2) is 11.5 Å². The van der Waals surface area contributed by atoms with E-state index < -0.39 is 0 Å². The number of aryl methyl sites for hydroxylation is 1. The number of nitrogens with zero attached hydrogens (tertiary/aromatic N) is 2. The van der Waals surface area contributed by atoms with Crippen LogP contribution in [-0.4, -0.2) is 21.1 Å². The van der Waals surface area contributed by atoms with E-state index in [1.165, 1.54) is 0 Å². The molecule has 2 N–H and O–H groups in total. The number of aromatic amines is 1. The number of furan rings is 1. The summed E-state index contributed by atoms with van der Waals surface area (Å²) in [6.45, 7) is 2.30. The molecule has 0 saturated carbocycles. The first-order chi connectivity index (χ1) is 10.2. The topological polar surface area (TPSA) is 83.8 Å². The normalized spacial score (nSPS) is 10.5. The van der Waals surface area contributed by atoms with E-state index in [0.29, 0.717) is 23.7 Å². The summed E-state index contributed by atoms with van der Waals surface area (Å²) in [5.74, 6) is 1.23. The van der Waals surface area contributed by atoms with E-state index in [0.717, 1.165) is 11.3 Å². The second-order valence-corrected chi connectivity index (χ2v) is 4.62. The van der Waals surface area contributed by atoms with Crippen molar-refractivity contribution in [2.45, 2.75) is 13.5 Å². The number of amides is 1. The molecule has 0 aliphatic carbocycles. The highest BCUT2D eigenvalue weighted by Gasteiger charge is 2.12. The van der Waals surface area contributed by atoms with Crippen molar-refractivity contribution < 1.29 is 9.21 Å². The molecule has 3 heterocycles. The van der Waals surface area contributed by atoms with Crippen LogP contribution in [0.3, 0.4) is 0 Å². The molecule has 0 unspecified atom stereocenters. The lowest BCUT2D eigenvalue weighted by molar-refractivity contribution is 0.0946. The van der Waals surface area contributed by atoms with E-state index in [1.807, 2.05) is 31.2 Å². The Balaban J connectivity index is 1.67. The maximum Gasteiger partial charge on any atom is 0.272 e. The Kier molecular flexibility index (Phi) is 3.51. The molecule has 106 valence electrons. The number of hydrogen-bond acceptors (Lipinski definition) is 4. The lowest BCUT2D eigenvalue weighted by Gasteiger charge is -2.02. The minimum atomic E-state index is -0.238. The van der Waals surface area contributed by atoms with Gasteiger partial charge in [0.1, 0.15) is 11.5 Å². The van der Waals surface area contributed by atoms with Gasteiger partial charge in [-0.3, -0.25) is 14.9 Å². The van der Waals surface area contributed by atoms with E-state index in [2.05, 4.69) is 20.5 Å². The van der Waals surface area contributed by atoms with Crippen LogP contribution in [0.2, 0.25) is 0 Å². The zero-order valence-electron chi connectivity index (χ0n) is 11.5. The molecule has 0 aromatic carbocycles. The summed E-state index contributed by atoms with van der Waals surface area (Å²) in [5, 5.41) is 9.61. The van der Waals surface area contributed by atoms with Crippen molar-refractivity contribution in [1.82, 2.24) is 20.5 Å². The summed E-state index contributed by atoms with van der Waals surface area (Å²) in [6.07, 6.45) is 3.38. The van der Waals surface area contributed by atoms with E-state index in [9.17, 15) is 4.79 Å². The molecule has 0 fully saturated rings. The third kappa shape index (κ3) is 3.00. The molecule has 0 bridgehead atoms. The van der Waals surface area contributed by atoms with Crippen LogP contribution < -0.4 is 5.32 Å². The zero-order valence-corrected chi connectivity index (χ0v) is 11.5. The predicted octanol–water partition coefficient (Wildman–Crippen LogP) is 2.30. The Bertz CT molecular complexity index is 746. The number of hydrogen-bond donors (Lipinski definition) is 2. The number of carbonyl (C=O) groups excluding carboxylic acids is 1. The van der Waals surface area contributed by atoms with Crippen LogP contribution in [0.1, 0.15) is 21.8 Å². The molecule has 3 aromatic heterocycles. The van der Waals surface area contributed by atoms with Gasteiger partial charge in [-0.25, -0.2) is 0 Å². The van der Waals surface area contributed by atoms with Crippen LogP contribution in [-0.2, 0) is 6.54 Å². The van der Waals surface area contributed by atoms with Crippen LogP contribution >= 0.6 is 0 Å². The fourth-order valence-electron chi connectivity index (χ4n) is 1.92. The van der Waals surface area contributed by atoms with Crippen molar-refractivity contribution in [3.8, 4) is 11.5 Å². The van der Waals surface area contributed by atoms with Crippen LogP contribution in [0.4, 0.5) is 0 Å². The molecule has 21 heavy (non-hydrogen) atoms. The molecular formula is C15H14N4O2. The molecule has 0 saturated heterocycles. The number of carbonyl (C=O) groups is 1. The van der Waals surface area contributed by atoms with Gasteiger partial charge in [0.05, 0.1) is 0 Å². The van der Waals surface area contributed by atoms with Gasteiger partial charge in [-0.05, 0) is 36.8 Å². The Hall–Kier alpha value is -2.89. The summed E-state index contributed by atoms with van der Waals surface area (Å²) in [7, 11) is 0. The number of pyridine rings is 1. The summed E-state index contributed by atoms with van der Waals surface area (Å²) in [6, 6.07) is 9.06. The number of aromatic nitrogens is 3. The average molecular weight is 282 g/mol. The van der Waals surface area contributed by atoms with Crippen LogP contribution in [0.25, 0.3) is 11.5 Å². The average Bonchev–Trinajstić information content (AvgIpc) is 3.14. The predicted molar refractivity (Wildman–Crippen MR) is 76.4 cm³/mol. The van der Waals surface area contributed by atoms with Gasteiger partial charge in [-0.15, -0.1) is 0 Å². The quantitative estimate of drug-likeness (QED) is 0.769. The van der Waals surface area contributed by atoms with Gasteiger partial charge in [0.25, 0.3) is 5.91 Å². The van der Waals surface area contributed by atoms with Gasteiger partial charge in [-0.1, -0.05) is 0 Å². The Morgan fingerprint density at radius 2 is 2.10 bits per heavy atom. The van der Waals surface area contributed by atoms with Crippen molar-refractivity contribution in [1.29, 1.82) is 0 Å². The Labute approximate surface area is 121 Å². The second-order valence-electron chi connectivity index (χ2n) is 4.62. The first kappa shape index (κ1) is 13.1. The molecule has 6 nitrogen and oxygen atoms in total. The Morgan fingerprint density at radius 3 is 2.81 bits per heavy atom. The molecule has 1 amide bonds. The number of rotatable bonds is 4. The number of nitrogens with one attached hydrogen (secondary N) is 2. The van der Waals surface area contributed by atoms with E-state index in [1.54, 1.807) is 18.5 Å². The molecule has 0 radical (unpaired) electrons. The van der Waals surface area contributed by atoms with Crippen LogP contribution in [0, 0.1) is 6.92 Å². The van der Waals surface area contributed by atoms with E-state index >= 15 is 0 Å². The fraction of sp³-hybridized carbons (Fsp3) is 0.133. The standard InChI is InChI=1S/C15H14N4O2/c1-10-2-3-14(21-10)12-8-13(19-18-12)15(20)17-9-11-4-6-16-7-5-11/h2-8H,9H2,1H3,(H,17,20)(H,18,19). The van der Waals surface area contributed by atoms with Crippen molar-refractivity contribution in [3.05, 3.63) is 59.7 Å². The number of H-pyrrole nitrogens is 1. The molecule has 3 aromatic rings. The minimum Gasteiger partial charge on any atom is -0.460 e. The first-order valence-electron chi connectivity index (χ1n) is 6.52. The van der Waals surface area contributed by atoms with Gasteiger partial charge < -0.3 is 9.73 Å². The molecule has 3 rings (SSSR count). The molecule has 0 aliphatic rings. The van der Waals surface area contributed by atoms with Crippen molar-refractivity contribution in [3.63, 3.8) is 0 Å². The second kappa shape index (κ2) is 5.62.